The third kappa shape index (κ3) is 6.68. The lowest BCUT2D eigenvalue weighted by molar-refractivity contribution is -0.123. The summed E-state index contributed by atoms with van der Waals surface area (Å²) in [4.78, 5) is 37.9. The molecule has 0 aliphatic carbocycles. The average molecular weight is 829 g/mol. The molecule has 1 spiro atoms. The summed E-state index contributed by atoms with van der Waals surface area (Å²) in [7, 11) is -2.40. The summed E-state index contributed by atoms with van der Waals surface area (Å²) in [6, 6.07) is 5.39. The molecule has 10 nitrogen and oxygen atoms in total. The van der Waals surface area contributed by atoms with Crippen LogP contribution in [0.5, 0.6) is 11.8 Å². The van der Waals surface area contributed by atoms with Gasteiger partial charge in [0, 0.05) is 41.9 Å². The van der Waals surface area contributed by atoms with Crippen molar-refractivity contribution in [2.45, 2.75) is 101 Å². The standard InChI is InChI=1S/C44H48F4N6O4Si/c1-24(2)59(25(3)4,26(5)6)16-11-30-33(46)10-9-27-17-29(55)18-31(35(27)30)36-34(47)19-32-38(37(36)48)49-42(58-23-43-12-7-15-54(43)21-28(45)20-43)50-39(32)53-14-8-13-44(22-53)40(56)51-41(57)52-44/h8-10,14,17-19,24-26,28,55H,7,12-13,15,20-23H2,1-6H3,(H2,51,52,56,57)/t28-,43+,44?/m1/s1. The van der Waals surface area contributed by atoms with E-state index in [4.69, 9.17) is 4.74 Å². The number of urea groups is 1. The van der Waals surface area contributed by atoms with Gasteiger partial charge in [0.25, 0.3) is 5.91 Å². The van der Waals surface area contributed by atoms with Crippen molar-refractivity contribution in [2.75, 3.05) is 31.1 Å². The first-order chi connectivity index (χ1) is 28.0. The fraction of sp³-hybridized carbons (Fsp3) is 0.455. The van der Waals surface area contributed by atoms with Gasteiger partial charge in [0.05, 0.1) is 23.2 Å². The van der Waals surface area contributed by atoms with E-state index in [1.807, 2.05) is 0 Å². The van der Waals surface area contributed by atoms with E-state index >= 15 is 13.2 Å². The molecule has 0 saturated carbocycles. The number of nitrogens with zero attached hydrogens (tertiary/aromatic N) is 4. The smallest absolute Gasteiger partial charge is 0.322 e. The third-order valence-electron chi connectivity index (χ3n) is 13.1. The monoisotopic (exact) mass is 828 g/mol. The van der Waals surface area contributed by atoms with Gasteiger partial charge in [0.2, 0.25) is 0 Å². The molecular weight excluding hydrogens is 781 g/mol. The van der Waals surface area contributed by atoms with Crippen LogP contribution < -0.4 is 20.3 Å². The maximum atomic E-state index is 17.5. The molecule has 1 unspecified atom stereocenters. The lowest BCUT2D eigenvalue weighted by Gasteiger charge is -2.38. The van der Waals surface area contributed by atoms with E-state index < -0.39 is 60.3 Å². The van der Waals surface area contributed by atoms with E-state index in [2.05, 4.69) is 78.5 Å². The molecule has 59 heavy (non-hydrogen) atoms. The Hall–Kier alpha value is -5.20. The Labute approximate surface area is 341 Å². The van der Waals surface area contributed by atoms with Crippen LogP contribution >= 0.6 is 0 Å². The SMILES string of the molecule is CC(C)[Si](C#Cc1c(F)ccc2cc(O)cc(-c3c(F)cc4c(N5C=CCC6(C5)NC(=O)NC6=O)nc(OC[C@@]56CCCN5C[C@H](F)C6)nc4c3F)c12)(C(C)C)C(C)C. The number of benzene rings is 3. The second-order valence-corrected chi connectivity index (χ2v) is 23.1. The summed E-state index contributed by atoms with van der Waals surface area (Å²) in [5.41, 5.74) is 1.14. The summed E-state index contributed by atoms with van der Waals surface area (Å²) < 4.78 is 71.5. The zero-order valence-electron chi connectivity index (χ0n) is 34.0. The molecule has 15 heteroatoms. The van der Waals surface area contributed by atoms with Gasteiger partial charge in [-0.1, -0.05) is 59.6 Å². The van der Waals surface area contributed by atoms with Crippen LogP contribution in [-0.4, -0.2) is 83.5 Å². The molecule has 5 heterocycles. The van der Waals surface area contributed by atoms with Crippen molar-refractivity contribution in [3.8, 4) is 34.4 Å². The molecule has 3 N–H and O–H groups in total. The predicted molar refractivity (Wildman–Crippen MR) is 221 cm³/mol. The Bertz CT molecular complexity index is 2480. The lowest BCUT2D eigenvalue weighted by Crippen LogP contribution is -2.56. The molecule has 4 aliphatic heterocycles. The molecule has 4 aromatic rings. The number of ether oxygens (including phenoxy) is 1. The highest BCUT2D eigenvalue weighted by Crippen LogP contribution is 2.45. The van der Waals surface area contributed by atoms with Crippen LogP contribution in [0.4, 0.5) is 28.2 Å². The molecule has 1 aromatic heterocycles. The molecule has 3 fully saturated rings. The van der Waals surface area contributed by atoms with Gasteiger partial charge in [-0.25, -0.2) is 22.4 Å². The van der Waals surface area contributed by atoms with E-state index in [1.54, 1.807) is 12.3 Å². The fourth-order valence-electron chi connectivity index (χ4n) is 10.4. The minimum absolute atomic E-state index is 0.00934. The van der Waals surface area contributed by atoms with Crippen LogP contribution in [0.3, 0.4) is 0 Å². The molecule has 3 aromatic carbocycles. The Balaban J connectivity index is 1.33. The van der Waals surface area contributed by atoms with Gasteiger partial charge < -0.3 is 20.1 Å². The van der Waals surface area contributed by atoms with Gasteiger partial charge in [-0.3, -0.25) is 15.0 Å². The first-order valence-corrected chi connectivity index (χ1v) is 22.5. The average Bonchev–Trinajstić information content (AvgIpc) is 3.78. The van der Waals surface area contributed by atoms with Crippen molar-refractivity contribution >= 4 is 47.5 Å². The molecule has 4 aliphatic rings. The number of hydrogen-bond donors (Lipinski definition) is 3. The molecule has 310 valence electrons. The van der Waals surface area contributed by atoms with Crippen LogP contribution in [0.15, 0.2) is 42.6 Å². The van der Waals surface area contributed by atoms with Gasteiger partial charge in [-0.15, -0.1) is 5.54 Å². The number of fused-ring (bicyclic) bond motifs is 3. The second-order valence-electron chi connectivity index (χ2n) is 17.5. The van der Waals surface area contributed by atoms with Gasteiger partial charge in [0.1, 0.15) is 55.1 Å². The number of phenols is 1. The molecule has 3 saturated heterocycles. The van der Waals surface area contributed by atoms with Crippen molar-refractivity contribution in [1.82, 2.24) is 25.5 Å². The number of amides is 3. The number of aromatic hydroxyl groups is 1. The Morgan fingerprint density at radius 3 is 2.47 bits per heavy atom. The minimum Gasteiger partial charge on any atom is -0.508 e. The largest absolute Gasteiger partial charge is 0.508 e. The number of alkyl halides is 1. The van der Waals surface area contributed by atoms with Crippen LogP contribution in [-0.2, 0) is 4.79 Å². The number of imide groups is 1. The van der Waals surface area contributed by atoms with Gasteiger partial charge >= 0.3 is 12.0 Å². The highest BCUT2D eigenvalue weighted by molar-refractivity contribution is 6.90. The highest BCUT2D eigenvalue weighted by Gasteiger charge is 2.50. The molecule has 0 bridgehead atoms. The van der Waals surface area contributed by atoms with Crippen molar-refractivity contribution < 1.29 is 37.0 Å². The zero-order chi connectivity index (χ0) is 42.2. The number of anilines is 1. The molecular formula is C44H48F4N6O4Si. The number of halogens is 4. The molecule has 0 radical (unpaired) electrons. The van der Waals surface area contributed by atoms with Gasteiger partial charge in [-0.05, 0) is 65.7 Å². The summed E-state index contributed by atoms with van der Waals surface area (Å²) in [5.74, 6) is -0.574. The quantitative estimate of drug-likeness (QED) is 0.0702. The Morgan fingerprint density at radius 1 is 1.03 bits per heavy atom. The van der Waals surface area contributed by atoms with Crippen molar-refractivity contribution in [1.29, 1.82) is 0 Å². The maximum Gasteiger partial charge on any atom is 0.322 e. The van der Waals surface area contributed by atoms with E-state index in [0.29, 0.717) is 18.4 Å². The van der Waals surface area contributed by atoms with E-state index in [1.165, 1.54) is 29.2 Å². The lowest BCUT2D eigenvalue weighted by atomic mass is 9.91. The van der Waals surface area contributed by atoms with Crippen LogP contribution in [0.2, 0.25) is 16.6 Å². The molecule has 3 atom stereocenters. The van der Waals surface area contributed by atoms with E-state index in [9.17, 15) is 19.1 Å². The summed E-state index contributed by atoms with van der Waals surface area (Å²) in [6.45, 7) is 13.6. The van der Waals surface area contributed by atoms with Crippen LogP contribution in [0, 0.1) is 28.9 Å². The minimum atomic E-state index is -2.40. The summed E-state index contributed by atoms with van der Waals surface area (Å²) >= 11 is 0. The van der Waals surface area contributed by atoms with Crippen molar-refractivity contribution in [3.05, 3.63) is 65.6 Å². The first-order valence-electron chi connectivity index (χ1n) is 20.3. The van der Waals surface area contributed by atoms with Gasteiger partial charge in [0.15, 0.2) is 5.82 Å². The van der Waals surface area contributed by atoms with Crippen LogP contribution in [0.1, 0.15) is 72.8 Å². The van der Waals surface area contributed by atoms with Gasteiger partial charge in [-0.2, -0.15) is 9.97 Å². The number of hydrogen-bond acceptors (Lipinski definition) is 8. The molecule has 3 amide bonds. The highest BCUT2D eigenvalue weighted by atomic mass is 28.3. The predicted octanol–water partition coefficient (Wildman–Crippen LogP) is 8.40. The third-order valence-corrected chi connectivity index (χ3v) is 19.4. The van der Waals surface area contributed by atoms with Crippen molar-refractivity contribution in [2.24, 2.45) is 0 Å². The Morgan fingerprint density at radius 2 is 1.78 bits per heavy atom. The Kier molecular flexibility index (Phi) is 10.2. The fourth-order valence-corrected chi connectivity index (χ4v) is 15.6. The number of carbonyl (C=O) groups excluding carboxylic acids is 2. The topological polar surface area (TPSA) is 120 Å². The zero-order valence-corrected chi connectivity index (χ0v) is 35.0. The number of nitrogens with one attached hydrogen (secondary N) is 2. The first kappa shape index (κ1) is 40.6. The van der Waals surface area contributed by atoms with E-state index in [0.717, 1.165) is 12.5 Å². The normalized spacial score (nSPS) is 23.2. The summed E-state index contributed by atoms with van der Waals surface area (Å²) in [6.07, 6.45) is 4.16. The molecule has 8 rings (SSSR count). The number of phenolic OH excluding ortho intramolecular Hbond substituents is 1. The van der Waals surface area contributed by atoms with Crippen molar-refractivity contribution in [3.63, 3.8) is 0 Å². The van der Waals surface area contributed by atoms with Crippen LogP contribution in [0.25, 0.3) is 32.8 Å². The maximum absolute atomic E-state index is 17.5. The number of aromatic nitrogens is 2. The second kappa shape index (κ2) is 14.8. The van der Waals surface area contributed by atoms with E-state index in [-0.39, 0.29) is 94.2 Å². The number of carbonyl (C=O) groups is 2. The summed E-state index contributed by atoms with van der Waals surface area (Å²) in [5, 5.41) is 16.3. The number of rotatable bonds is 8.